The molecule has 2 heteroatoms. The van der Waals surface area contributed by atoms with E-state index in [0.29, 0.717) is 17.6 Å². The lowest BCUT2D eigenvalue weighted by atomic mass is 9.74. The van der Waals surface area contributed by atoms with Crippen molar-refractivity contribution >= 4 is 0 Å². The largest absolute Gasteiger partial charge is 0.378 e. The van der Waals surface area contributed by atoms with E-state index in [1.165, 1.54) is 32.1 Å². The summed E-state index contributed by atoms with van der Waals surface area (Å²) >= 11 is 0. The van der Waals surface area contributed by atoms with Crippen molar-refractivity contribution in [3.63, 3.8) is 0 Å². The van der Waals surface area contributed by atoms with Crippen LogP contribution >= 0.6 is 0 Å². The van der Waals surface area contributed by atoms with Crippen LogP contribution in [0.15, 0.2) is 0 Å². The maximum absolute atomic E-state index is 5.88. The average Bonchev–Trinajstić information content (AvgIpc) is 2.25. The molecule has 1 fully saturated rings. The van der Waals surface area contributed by atoms with Gasteiger partial charge in [0.25, 0.3) is 0 Å². The van der Waals surface area contributed by atoms with E-state index in [4.69, 9.17) is 4.74 Å². The van der Waals surface area contributed by atoms with Crippen molar-refractivity contribution in [1.82, 2.24) is 5.32 Å². The van der Waals surface area contributed by atoms with Gasteiger partial charge in [-0.2, -0.15) is 0 Å². The number of hydrogen-bond acceptors (Lipinski definition) is 2. The van der Waals surface area contributed by atoms with Crippen molar-refractivity contribution in [2.45, 2.75) is 71.9 Å². The number of ether oxygens (including phenoxy) is 1. The highest BCUT2D eigenvalue weighted by Crippen LogP contribution is 2.36. The Labute approximate surface area is 101 Å². The molecule has 1 aliphatic rings. The molecule has 0 saturated heterocycles. The lowest BCUT2D eigenvalue weighted by Crippen LogP contribution is -2.42. The standard InChI is InChI=1S/C14H29NO/c1-12(2)15-10-14(11-16-13(3)4)8-6-5-7-9-14/h12-13,15H,5-11H2,1-4H3. The lowest BCUT2D eigenvalue weighted by Gasteiger charge is -2.38. The first-order valence-corrected chi connectivity index (χ1v) is 6.89. The molecule has 0 heterocycles. The van der Waals surface area contributed by atoms with Crippen molar-refractivity contribution in [3.05, 3.63) is 0 Å². The molecule has 2 nitrogen and oxygen atoms in total. The summed E-state index contributed by atoms with van der Waals surface area (Å²) < 4.78 is 5.88. The maximum atomic E-state index is 5.88. The molecule has 1 saturated carbocycles. The molecular formula is C14H29NO. The van der Waals surface area contributed by atoms with Gasteiger partial charge in [-0.25, -0.2) is 0 Å². The van der Waals surface area contributed by atoms with Gasteiger partial charge in [-0.3, -0.25) is 0 Å². The third-order valence-corrected chi connectivity index (χ3v) is 3.52. The molecule has 0 aliphatic heterocycles. The first-order valence-electron chi connectivity index (χ1n) is 6.89. The lowest BCUT2D eigenvalue weighted by molar-refractivity contribution is -0.0112. The minimum absolute atomic E-state index is 0.359. The normalized spacial score (nSPS) is 20.6. The molecule has 0 amide bonds. The van der Waals surface area contributed by atoms with Crippen LogP contribution in [-0.2, 0) is 4.74 Å². The van der Waals surface area contributed by atoms with Gasteiger partial charge in [-0.15, -0.1) is 0 Å². The molecule has 0 atom stereocenters. The van der Waals surface area contributed by atoms with Gasteiger partial charge in [0.05, 0.1) is 12.7 Å². The van der Waals surface area contributed by atoms with Gasteiger partial charge in [0.2, 0.25) is 0 Å². The van der Waals surface area contributed by atoms with Gasteiger partial charge < -0.3 is 10.1 Å². The number of nitrogens with one attached hydrogen (secondary N) is 1. The van der Waals surface area contributed by atoms with Crippen LogP contribution in [0.4, 0.5) is 0 Å². The van der Waals surface area contributed by atoms with E-state index in [9.17, 15) is 0 Å². The molecule has 1 N–H and O–H groups in total. The van der Waals surface area contributed by atoms with E-state index in [1.807, 2.05) is 0 Å². The summed E-state index contributed by atoms with van der Waals surface area (Å²) in [5.41, 5.74) is 0.410. The highest BCUT2D eigenvalue weighted by atomic mass is 16.5. The minimum Gasteiger partial charge on any atom is -0.378 e. The smallest absolute Gasteiger partial charge is 0.0538 e. The Bertz CT molecular complexity index is 169. The minimum atomic E-state index is 0.359. The zero-order valence-corrected chi connectivity index (χ0v) is 11.5. The summed E-state index contributed by atoms with van der Waals surface area (Å²) in [6, 6.07) is 0.581. The van der Waals surface area contributed by atoms with E-state index in [-0.39, 0.29) is 0 Å². The van der Waals surface area contributed by atoms with Crippen LogP contribution < -0.4 is 5.32 Å². The fourth-order valence-corrected chi connectivity index (χ4v) is 2.44. The molecule has 0 spiro atoms. The molecular weight excluding hydrogens is 198 g/mol. The molecule has 0 unspecified atom stereocenters. The third-order valence-electron chi connectivity index (χ3n) is 3.52. The highest BCUT2D eigenvalue weighted by molar-refractivity contribution is 4.85. The Balaban J connectivity index is 2.45. The summed E-state index contributed by atoms with van der Waals surface area (Å²) in [4.78, 5) is 0. The first kappa shape index (κ1) is 14.0. The number of hydrogen-bond donors (Lipinski definition) is 1. The fourth-order valence-electron chi connectivity index (χ4n) is 2.44. The summed E-state index contributed by atoms with van der Waals surface area (Å²) in [6.07, 6.45) is 7.18. The number of rotatable bonds is 6. The second-order valence-corrected chi connectivity index (χ2v) is 5.96. The van der Waals surface area contributed by atoms with E-state index in [0.717, 1.165) is 13.2 Å². The summed E-state index contributed by atoms with van der Waals surface area (Å²) in [7, 11) is 0. The van der Waals surface area contributed by atoms with Crippen molar-refractivity contribution in [1.29, 1.82) is 0 Å². The third kappa shape index (κ3) is 4.84. The predicted octanol–water partition coefficient (Wildman–Crippen LogP) is 3.36. The second-order valence-electron chi connectivity index (χ2n) is 5.96. The Hall–Kier alpha value is -0.0800. The average molecular weight is 227 g/mol. The molecule has 1 rings (SSSR count). The molecule has 0 aromatic carbocycles. The van der Waals surface area contributed by atoms with E-state index >= 15 is 0 Å². The van der Waals surface area contributed by atoms with Gasteiger partial charge in [0, 0.05) is 18.0 Å². The van der Waals surface area contributed by atoms with Crippen molar-refractivity contribution in [3.8, 4) is 0 Å². The monoisotopic (exact) mass is 227 g/mol. The molecule has 96 valence electrons. The molecule has 0 aromatic rings. The van der Waals surface area contributed by atoms with Crippen molar-refractivity contribution in [2.24, 2.45) is 5.41 Å². The van der Waals surface area contributed by atoms with Crippen LogP contribution in [0.2, 0.25) is 0 Å². The van der Waals surface area contributed by atoms with Crippen LogP contribution in [0.1, 0.15) is 59.8 Å². The highest BCUT2D eigenvalue weighted by Gasteiger charge is 2.32. The maximum Gasteiger partial charge on any atom is 0.0538 e. The van der Waals surface area contributed by atoms with Gasteiger partial charge in [-0.1, -0.05) is 33.1 Å². The van der Waals surface area contributed by atoms with Gasteiger partial charge in [0.1, 0.15) is 0 Å². The van der Waals surface area contributed by atoms with Crippen LogP contribution in [0, 0.1) is 5.41 Å². The first-order chi connectivity index (χ1) is 7.54. The predicted molar refractivity (Wildman–Crippen MR) is 69.7 cm³/mol. The quantitative estimate of drug-likeness (QED) is 0.751. The van der Waals surface area contributed by atoms with Gasteiger partial charge >= 0.3 is 0 Å². The Kier molecular flexibility index (Phi) is 5.77. The Morgan fingerprint density at radius 2 is 1.69 bits per heavy atom. The molecule has 1 aliphatic carbocycles. The fraction of sp³-hybridized carbons (Fsp3) is 1.00. The van der Waals surface area contributed by atoms with Crippen molar-refractivity contribution < 1.29 is 4.74 Å². The van der Waals surface area contributed by atoms with Crippen LogP contribution in [0.25, 0.3) is 0 Å². The van der Waals surface area contributed by atoms with E-state index in [1.54, 1.807) is 0 Å². The van der Waals surface area contributed by atoms with Crippen LogP contribution in [-0.4, -0.2) is 25.3 Å². The summed E-state index contributed by atoms with van der Waals surface area (Å²) in [5.74, 6) is 0. The Morgan fingerprint density at radius 1 is 1.06 bits per heavy atom. The molecule has 0 aromatic heterocycles. The summed E-state index contributed by atoms with van der Waals surface area (Å²) in [5, 5.41) is 3.60. The van der Waals surface area contributed by atoms with E-state index in [2.05, 4.69) is 33.0 Å². The van der Waals surface area contributed by atoms with Crippen LogP contribution in [0.3, 0.4) is 0 Å². The molecule has 16 heavy (non-hydrogen) atoms. The SMILES string of the molecule is CC(C)NCC1(COC(C)C)CCCCC1. The zero-order valence-electron chi connectivity index (χ0n) is 11.5. The molecule has 0 radical (unpaired) electrons. The second kappa shape index (κ2) is 6.61. The molecule has 0 bridgehead atoms. The van der Waals surface area contributed by atoms with Crippen molar-refractivity contribution in [2.75, 3.05) is 13.2 Å². The van der Waals surface area contributed by atoms with Gasteiger partial charge in [-0.05, 0) is 26.7 Å². The zero-order chi connectivity index (χ0) is 12.0. The van der Waals surface area contributed by atoms with Gasteiger partial charge in [0.15, 0.2) is 0 Å². The topological polar surface area (TPSA) is 21.3 Å². The Morgan fingerprint density at radius 3 is 2.19 bits per heavy atom. The summed E-state index contributed by atoms with van der Waals surface area (Å²) in [6.45, 7) is 10.8. The van der Waals surface area contributed by atoms with E-state index < -0.39 is 0 Å². The van der Waals surface area contributed by atoms with Crippen LogP contribution in [0.5, 0.6) is 0 Å².